The van der Waals surface area contributed by atoms with Crippen molar-refractivity contribution in [3.05, 3.63) is 53.3 Å². The zero-order valence-corrected chi connectivity index (χ0v) is 19.4. The Balaban J connectivity index is 1.71. The summed E-state index contributed by atoms with van der Waals surface area (Å²) in [7, 11) is -3.76. The van der Waals surface area contributed by atoms with Gasteiger partial charge in [-0.3, -0.25) is 14.8 Å². The maximum absolute atomic E-state index is 13.4. The van der Waals surface area contributed by atoms with Gasteiger partial charge >= 0.3 is 6.18 Å². The number of nitrogens with zero attached hydrogens (tertiary/aromatic N) is 2. The molecule has 12 heteroatoms. The first-order valence-electron chi connectivity index (χ1n) is 10.4. The number of ether oxygens (including phenoxy) is 1. The van der Waals surface area contributed by atoms with Crippen LogP contribution in [0, 0.1) is 0 Å². The van der Waals surface area contributed by atoms with Crippen molar-refractivity contribution in [1.29, 1.82) is 0 Å². The number of pyridine rings is 1. The zero-order valence-electron chi connectivity index (χ0n) is 18.6. The third-order valence-electron chi connectivity index (χ3n) is 6.43. The van der Waals surface area contributed by atoms with Crippen molar-refractivity contribution >= 4 is 27.3 Å². The molecule has 0 spiro atoms. The predicted octanol–water partition coefficient (Wildman–Crippen LogP) is 3.28. The van der Waals surface area contributed by atoms with E-state index < -0.39 is 43.0 Å². The van der Waals surface area contributed by atoms with Crippen LogP contribution in [0.3, 0.4) is 0 Å². The molecular weight excluding hydrogens is 473 g/mol. The molecule has 3 heterocycles. The van der Waals surface area contributed by atoms with E-state index in [1.165, 1.54) is 13.8 Å². The van der Waals surface area contributed by atoms with Crippen LogP contribution in [0.2, 0.25) is 0 Å². The number of hydrogen-bond donors (Lipinski definition) is 2. The number of aromatic nitrogens is 1. The molecule has 2 aliphatic heterocycles. The van der Waals surface area contributed by atoms with Crippen molar-refractivity contribution in [2.24, 2.45) is 10.7 Å². The fraction of sp³-hybridized carbons (Fsp3) is 0.409. The number of amides is 1. The largest absolute Gasteiger partial charge is 0.493 e. The van der Waals surface area contributed by atoms with Crippen LogP contribution in [0.5, 0.6) is 5.75 Å². The summed E-state index contributed by atoms with van der Waals surface area (Å²) in [6.07, 6.45) is -3.79. The molecule has 0 aliphatic carbocycles. The quantitative estimate of drug-likeness (QED) is 0.658. The van der Waals surface area contributed by atoms with Crippen molar-refractivity contribution in [3.8, 4) is 5.75 Å². The number of nitrogens with two attached hydrogens (primary N) is 1. The van der Waals surface area contributed by atoms with E-state index in [9.17, 15) is 26.4 Å². The van der Waals surface area contributed by atoms with Gasteiger partial charge in [-0.05, 0) is 51.1 Å². The van der Waals surface area contributed by atoms with E-state index in [-0.39, 0.29) is 30.2 Å². The first kappa shape index (κ1) is 24.0. The van der Waals surface area contributed by atoms with E-state index in [2.05, 4.69) is 15.3 Å². The van der Waals surface area contributed by atoms with Gasteiger partial charge in [0.2, 0.25) is 0 Å². The van der Waals surface area contributed by atoms with Gasteiger partial charge < -0.3 is 15.8 Å². The average Bonchev–Trinajstić information content (AvgIpc) is 2.89. The Morgan fingerprint density at radius 1 is 1.21 bits per heavy atom. The highest BCUT2D eigenvalue weighted by Gasteiger charge is 2.57. The number of nitrogens with one attached hydrogen (secondary N) is 1. The number of hydrogen-bond acceptors (Lipinski definition) is 7. The molecule has 0 unspecified atom stereocenters. The Labute approximate surface area is 194 Å². The third-order valence-corrected chi connectivity index (χ3v) is 9.50. The van der Waals surface area contributed by atoms with E-state index in [0.717, 1.165) is 12.1 Å². The van der Waals surface area contributed by atoms with Gasteiger partial charge in [-0.25, -0.2) is 8.42 Å². The zero-order chi connectivity index (χ0) is 25.1. The van der Waals surface area contributed by atoms with Crippen molar-refractivity contribution in [2.75, 3.05) is 11.9 Å². The number of benzene rings is 1. The fourth-order valence-electron chi connectivity index (χ4n) is 4.23. The second-order valence-electron chi connectivity index (χ2n) is 8.92. The van der Waals surface area contributed by atoms with E-state index in [0.29, 0.717) is 17.5 Å². The minimum Gasteiger partial charge on any atom is -0.493 e. The van der Waals surface area contributed by atoms with Crippen LogP contribution in [0.25, 0.3) is 0 Å². The normalized spacial score (nSPS) is 25.1. The Morgan fingerprint density at radius 3 is 2.53 bits per heavy atom. The van der Waals surface area contributed by atoms with E-state index >= 15 is 0 Å². The lowest BCUT2D eigenvalue weighted by atomic mass is 9.86. The molecule has 0 fully saturated rings. The van der Waals surface area contributed by atoms with Gasteiger partial charge in [0.05, 0.1) is 17.4 Å². The number of rotatable bonds is 2. The molecule has 2 aromatic rings. The van der Waals surface area contributed by atoms with Crippen LogP contribution in [0.15, 0.2) is 41.5 Å². The third kappa shape index (κ3) is 3.69. The highest BCUT2D eigenvalue weighted by Crippen LogP contribution is 2.48. The minimum absolute atomic E-state index is 0.0255. The number of fused-ring (bicyclic) bond motifs is 3. The molecule has 3 N–H and O–H groups in total. The maximum Gasteiger partial charge on any atom is 0.417 e. The van der Waals surface area contributed by atoms with Gasteiger partial charge in [0.1, 0.15) is 27.6 Å². The SMILES string of the molecule is CC1(C)C(N)=N[C@]2(C)c3cc(NC(=O)c4ccc(C(F)(F)F)cn4)ccc3OCC[C@H]2S1(=O)=O. The van der Waals surface area contributed by atoms with Gasteiger partial charge in [0, 0.05) is 23.9 Å². The summed E-state index contributed by atoms with van der Waals surface area (Å²) in [5.74, 6) is -0.352. The van der Waals surface area contributed by atoms with E-state index in [4.69, 9.17) is 10.5 Å². The lowest BCUT2D eigenvalue weighted by Gasteiger charge is -2.43. The topological polar surface area (TPSA) is 124 Å². The number of alkyl halides is 3. The lowest BCUT2D eigenvalue weighted by molar-refractivity contribution is -0.137. The molecule has 4 rings (SSSR count). The highest BCUT2D eigenvalue weighted by molar-refractivity contribution is 7.94. The first-order chi connectivity index (χ1) is 15.7. The summed E-state index contributed by atoms with van der Waals surface area (Å²) < 4.78 is 69.5. The summed E-state index contributed by atoms with van der Waals surface area (Å²) in [6, 6.07) is 6.41. The smallest absolute Gasteiger partial charge is 0.417 e. The standard InChI is InChI=1S/C22H23F3N4O4S/c1-20(2)19(26)29-21(3)14-10-13(5-7-16(14)33-9-8-17(21)34(20,31)32)28-18(30)15-6-4-12(11-27-15)22(23,24)25/h4-7,10-11,17H,8-9H2,1-3H3,(H2,26,29)(H,28,30)/t17-,21-/m1/s1. The second kappa shape index (κ2) is 7.69. The molecule has 8 nitrogen and oxygen atoms in total. The minimum atomic E-state index is -4.57. The number of carbonyl (C=O) groups excluding carboxylic acids is 1. The van der Waals surface area contributed by atoms with Crippen molar-refractivity contribution < 1.29 is 31.1 Å². The van der Waals surface area contributed by atoms with Gasteiger partial charge in [0.25, 0.3) is 5.91 Å². The highest BCUT2D eigenvalue weighted by atomic mass is 32.2. The Hall–Kier alpha value is -3.15. The number of amidine groups is 1. The van der Waals surface area contributed by atoms with Crippen molar-refractivity contribution in [3.63, 3.8) is 0 Å². The summed E-state index contributed by atoms with van der Waals surface area (Å²) in [4.78, 5) is 20.8. The molecule has 0 saturated heterocycles. The molecule has 2 aliphatic rings. The Bertz CT molecular complexity index is 1290. The number of halogens is 3. The second-order valence-corrected chi connectivity index (χ2v) is 11.6. The van der Waals surface area contributed by atoms with Crippen LogP contribution < -0.4 is 15.8 Å². The number of aliphatic imine (C=N–C) groups is 1. The Kier molecular flexibility index (Phi) is 5.42. The molecule has 1 aromatic heterocycles. The van der Waals surface area contributed by atoms with Crippen LogP contribution >= 0.6 is 0 Å². The van der Waals surface area contributed by atoms with Crippen LogP contribution in [0.4, 0.5) is 18.9 Å². The number of sulfone groups is 1. The molecule has 0 saturated carbocycles. The van der Waals surface area contributed by atoms with Gasteiger partial charge in [0.15, 0.2) is 9.84 Å². The molecule has 0 bridgehead atoms. The molecule has 0 radical (unpaired) electrons. The molecule has 2 atom stereocenters. The monoisotopic (exact) mass is 496 g/mol. The van der Waals surface area contributed by atoms with Gasteiger partial charge in [-0.2, -0.15) is 13.2 Å². The van der Waals surface area contributed by atoms with Crippen molar-refractivity contribution in [1.82, 2.24) is 4.98 Å². The summed E-state index contributed by atoms with van der Waals surface area (Å²) in [5, 5.41) is 1.67. The molecule has 34 heavy (non-hydrogen) atoms. The maximum atomic E-state index is 13.4. The number of carbonyl (C=O) groups is 1. The predicted molar refractivity (Wildman–Crippen MR) is 120 cm³/mol. The summed E-state index contributed by atoms with van der Waals surface area (Å²) in [5.41, 5.74) is 4.34. The van der Waals surface area contributed by atoms with Crippen LogP contribution in [-0.4, -0.2) is 41.7 Å². The van der Waals surface area contributed by atoms with Crippen LogP contribution in [0.1, 0.15) is 48.8 Å². The fourth-order valence-corrected chi connectivity index (χ4v) is 6.47. The van der Waals surface area contributed by atoms with Gasteiger partial charge in [-0.1, -0.05) is 0 Å². The molecule has 1 aromatic carbocycles. The summed E-state index contributed by atoms with van der Waals surface area (Å²) in [6.45, 7) is 4.84. The first-order valence-corrected chi connectivity index (χ1v) is 11.9. The van der Waals surface area contributed by atoms with Crippen molar-refractivity contribution in [2.45, 2.75) is 48.9 Å². The number of anilines is 1. The van der Waals surface area contributed by atoms with Gasteiger partial charge in [-0.15, -0.1) is 0 Å². The summed E-state index contributed by atoms with van der Waals surface area (Å²) >= 11 is 0. The molecule has 1 amide bonds. The Morgan fingerprint density at radius 2 is 1.91 bits per heavy atom. The molecular formula is C22H23F3N4O4S. The van der Waals surface area contributed by atoms with E-state index in [1.807, 2.05) is 0 Å². The average molecular weight is 497 g/mol. The molecule has 182 valence electrons. The lowest BCUT2D eigenvalue weighted by Crippen LogP contribution is -2.59. The van der Waals surface area contributed by atoms with Crippen LogP contribution in [-0.2, 0) is 21.6 Å². The van der Waals surface area contributed by atoms with E-state index in [1.54, 1.807) is 25.1 Å².